The van der Waals surface area contributed by atoms with Crippen LogP contribution in [0.5, 0.6) is 0 Å². The van der Waals surface area contributed by atoms with Gasteiger partial charge in [0, 0.05) is 0 Å². The fraction of sp³-hybridized carbons (Fsp3) is 0.184. The molecule has 0 spiro atoms. The zero-order valence-electron chi connectivity index (χ0n) is 49.4. The van der Waals surface area contributed by atoms with Gasteiger partial charge in [-0.3, -0.25) is 0 Å². The van der Waals surface area contributed by atoms with Crippen LogP contribution >= 0.6 is 31.7 Å². The minimum Gasteiger partial charge on any atom is -0.500 e. The third-order valence-corrected chi connectivity index (χ3v) is 26.1. The molecule has 0 nitrogen and oxygen atoms in total. The van der Waals surface area contributed by atoms with E-state index in [-0.39, 0.29) is 65.8 Å². The summed E-state index contributed by atoms with van der Waals surface area (Å²) in [6.07, 6.45) is 16.6. The molecule has 0 aliphatic heterocycles. The van der Waals surface area contributed by atoms with E-state index in [2.05, 4.69) is 312 Å². The van der Waals surface area contributed by atoms with Crippen LogP contribution < -0.4 is 42.4 Å². The molecule has 10 radical (unpaired) electrons. The molecule has 0 atom stereocenters. The third kappa shape index (κ3) is 20.7. The van der Waals surface area contributed by atoms with E-state index in [9.17, 15) is 0 Å². The topological polar surface area (TPSA) is 0 Å². The molecule has 0 saturated heterocycles. The Morgan fingerprint density at radius 3 is 0.390 bits per heavy atom. The smallest absolute Gasteiger partial charge is 0.500 e. The van der Waals surface area contributed by atoms with Crippen molar-refractivity contribution in [1.82, 2.24) is 0 Å². The summed E-state index contributed by atoms with van der Waals surface area (Å²) in [6, 6.07) is 88.4. The molecule has 416 valence electrons. The minimum absolute atomic E-state index is 0. The summed E-state index contributed by atoms with van der Waals surface area (Å²) < 4.78 is 0. The molecule has 6 heteroatoms. The van der Waals surface area contributed by atoms with E-state index in [0.29, 0.717) is 0 Å². The Balaban J connectivity index is 0.000000249. The molecular weight excluding hydrogens is 1150 g/mol. The Kier molecular flexibility index (Phi) is 32.4. The molecule has 0 N–H and O–H groups in total. The molecule has 8 aromatic rings. The molecule has 2 fully saturated rings. The van der Waals surface area contributed by atoms with Gasteiger partial charge in [-0.1, -0.05) is 312 Å². The van der Waals surface area contributed by atoms with Crippen LogP contribution in [0.25, 0.3) is 0 Å². The first-order valence-electron chi connectivity index (χ1n) is 27.6. The van der Waals surface area contributed by atoms with Crippen molar-refractivity contribution in [3.05, 3.63) is 315 Å². The summed E-state index contributed by atoms with van der Waals surface area (Å²) in [5, 5.41) is 11.8. The van der Waals surface area contributed by atoms with Gasteiger partial charge in [0.15, 0.2) is 0 Å². The molecule has 0 amide bonds. The predicted molar refractivity (Wildman–Crippen MR) is 359 cm³/mol. The first kappa shape index (κ1) is 70.1. The van der Waals surface area contributed by atoms with Crippen molar-refractivity contribution in [1.29, 1.82) is 0 Å². The van der Waals surface area contributed by atoms with Gasteiger partial charge in [0.1, 0.15) is 0 Å². The second-order valence-electron chi connectivity index (χ2n) is 19.8. The summed E-state index contributed by atoms with van der Waals surface area (Å²) in [7, 11) is -1.39. The number of hydrogen-bond acceptors (Lipinski definition) is 0. The van der Waals surface area contributed by atoms with Gasteiger partial charge in [0.25, 0.3) is 0 Å². The Morgan fingerprint density at radius 2 is 0.305 bits per heavy atom. The number of hydrogen-bond donors (Lipinski definition) is 0. The normalized spacial score (nSPS) is 14.6. The molecule has 2 aliphatic carbocycles. The molecule has 8 aromatic carbocycles. The Labute approximate surface area is 524 Å². The molecular formula is C76H78Fe2P4+2. The van der Waals surface area contributed by atoms with E-state index < -0.39 is 0 Å². The average Bonchev–Trinajstić information content (AvgIpc) is 3.95. The number of rotatable bonds is 14. The molecule has 10 rings (SSSR count). The molecule has 82 heavy (non-hydrogen) atoms. The monoisotopic (exact) mass is 1230 g/mol. The minimum atomic E-state index is -0.348. The molecule has 0 unspecified atom stereocenters. The molecule has 0 heterocycles. The molecule has 2 aliphatic rings. The van der Waals surface area contributed by atoms with E-state index in [1.165, 1.54) is 126 Å². The van der Waals surface area contributed by atoms with E-state index >= 15 is 0 Å². The van der Waals surface area contributed by atoms with Crippen LogP contribution in [0.1, 0.15) is 69.2 Å². The van der Waals surface area contributed by atoms with Crippen LogP contribution in [0.4, 0.5) is 0 Å². The third-order valence-electron chi connectivity index (χ3n) is 15.3. The van der Waals surface area contributed by atoms with Gasteiger partial charge in [-0.05, 0) is 158 Å². The van der Waals surface area contributed by atoms with Crippen LogP contribution in [-0.2, 0) is 34.1 Å². The van der Waals surface area contributed by atoms with E-state index in [0.717, 1.165) is 0 Å². The van der Waals surface area contributed by atoms with Gasteiger partial charge in [-0.2, -0.15) is 0 Å². The Morgan fingerprint density at radius 1 is 0.207 bits per heavy atom. The van der Waals surface area contributed by atoms with Crippen molar-refractivity contribution in [2.24, 2.45) is 0 Å². The summed E-state index contributed by atoms with van der Waals surface area (Å²) in [5.74, 6) is 17.9. The summed E-state index contributed by atoms with van der Waals surface area (Å²) in [5.41, 5.74) is 0. The van der Waals surface area contributed by atoms with Crippen molar-refractivity contribution in [3.8, 4) is 11.8 Å². The van der Waals surface area contributed by atoms with E-state index in [4.69, 9.17) is 12.8 Å². The Hall–Kier alpha value is -4.36. The van der Waals surface area contributed by atoms with Gasteiger partial charge in [-0.15, -0.1) is 0 Å². The Bertz CT molecular complexity index is 2370. The number of benzene rings is 8. The van der Waals surface area contributed by atoms with Gasteiger partial charge in [0.05, 0.1) is 0 Å². The van der Waals surface area contributed by atoms with Crippen LogP contribution in [0, 0.1) is 83.9 Å². The predicted octanol–water partition coefficient (Wildman–Crippen LogP) is 16.6. The SMILES string of the molecule is C[C]1[C](C)[C](C)[C](C)[C]1C.C[C]1[C](C)[C](C)[C](C)[C]1C.[C-]#CC#[C-].[Fe+2].[Fe+2].c1ccc(P(CCP(c2ccccc2)c2ccccc2)c2ccccc2)cc1.c1ccc(P(CCP(c2ccccc2)c2ccccc2)c2ccccc2)cc1. The van der Waals surface area contributed by atoms with Crippen molar-refractivity contribution in [3.63, 3.8) is 0 Å². The van der Waals surface area contributed by atoms with Gasteiger partial charge < -0.3 is 24.7 Å². The van der Waals surface area contributed by atoms with Gasteiger partial charge in [0.2, 0.25) is 0 Å². The summed E-state index contributed by atoms with van der Waals surface area (Å²) >= 11 is 0. The second-order valence-corrected chi connectivity index (χ2v) is 29.1. The second kappa shape index (κ2) is 37.8. The first-order valence-corrected chi connectivity index (χ1v) is 33.7. The molecule has 0 bridgehead atoms. The van der Waals surface area contributed by atoms with Crippen LogP contribution in [0.3, 0.4) is 0 Å². The molecule has 0 aromatic heterocycles. The standard InChI is InChI=1S/2C26H24P2.2C10H15.C4.2Fe/c2*1-5-13-23(14-6-1)27(24-15-7-2-8-16-24)21-22-28(25-17-9-3-10-18-25)26-19-11-4-12-20-26;2*1-6-7(2)9(4)10(5)8(6)3;1-3-4-2;;/h2*1-20H,21-22H2;2*1-5H3;;;/q;;;;-2;2*+2. The maximum atomic E-state index is 5.90. The maximum Gasteiger partial charge on any atom is 2.00 e. The van der Waals surface area contributed by atoms with Crippen LogP contribution in [0.2, 0.25) is 0 Å². The maximum absolute atomic E-state index is 5.90. The van der Waals surface area contributed by atoms with E-state index in [1.807, 2.05) is 0 Å². The fourth-order valence-electron chi connectivity index (χ4n) is 9.71. The van der Waals surface area contributed by atoms with Gasteiger partial charge in [-0.25, -0.2) is 0 Å². The van der Waals surface area contributed by atoms with Crippen molar-refractivity contribution < 1.29 is 34.1 Å². The zero-order chi connectivity index (χ0) is 57.2. The van der Waals surface area contributed by atoms with Crippen molar-refractivity contribution in [2.75, 3.05) is 24.6 Å². The largest absolute Gasteiger partial charge is 2.00 e. The van der Waals surface area contributed by atoms with Crippen molar-refractivity contribution in [2.45, 2.75) is 69.2 Å². The molecule has 2 saturated carbocycles. The first-order chi connectivity index (χ1) is 38.9. The quantitative estimate of drug-likeness (QED) is 0.0441. The van der Waals surface area contributed by atoms with Crippen molar-refractivity contribution >= 4 is 74.1 Å². The summed E-state index contributed by atoms with van der Waals surface area (Å²) in [4.78, 5) is 0. The van der Waals surface area contributed by atoms with Gasteiger partial charge >= 0.3 is 34.1 Å². The average molecular weight is 1230 g/mol. The van der Waals surface area contributed by atoms with Crippen LogP contribution in [0.15, 0.2) is 243 Å². The van der Waals surface area contributed by atoms with Crippen LogP contribution in [-0.4, -0.2) is 24.6 Å². The summed E-state index contributed by atoms with van der Waals surface area (Å²) in [6.45, 7) is 22.0. The fourth-order valence-corrected chi connectivity index (χ4v) is 20.4. The zero-order valence-corrected chi connectivity index (χ0v) is 55.2. The van der Waals surface area contributed by atoms with E-state index in [1.54, 1.807) is 11.8 Å².